The number of ether oxygens (including phenoxy) is 3. The van der Waals surface area contributed by atoms with Crippen molar-refractivity contribution in [3.05, 3.63) is 66.0 Å². The summed E-state index contributed by atoms with van der Waals surface area (Å²) in [5.74, 6) is -0.105. The third-order valence-electron chi connectivity index (χ3n) is 5.92. The third kappa shape index (κ3) is 4.87. The number of fused-ring (bicyclic) bond motifs is 1. The zero-order valence-corrected chi connectivity index (χ0v) is 18.8. The molecule has 2 N–H and O–H groups in total. The van der Waals surface area contributed by atoms with Gasteiger partial charge in [-0.1, -0.05) is 12.1 Å². The lowest BCUT2D eigenvalue weighted by atomic mass is 9.74. The first-order chi connectivity index (χ1) is 15.8. The zero-order chi connectivity index (χ0) is 23.5. The van der Waals surface area contributed by atoms with Gasteiger partial charge in [0.05, 0.1) is 0 Å². The van der Waals surface area contributed by atoms with Crippen molar-refractivity contribution in [3.8, 4) is 11.5 Å². The van der Waals surface area contributed by atoms with Crippen molar-refractivity contribution in [2.24, 2.45) is 0 Å². The van der Waals surface area contributed by atoms with E-state index in [9.17, 15) is 17.6 Å². The Morgan fingerprint density at radius 2 is 1.88 bits per heavy atom. The van der Waals surface area contributed by atoms with Crippen LogP contribution in [0.4, 0.5) is 4.39 Å². The molecule has 10 heteroatoms. The summed E-state index contributed by atoms with van der Waals surface area (Å²) in [6, 6.07) is 9.00. The molecule has 33 heavy (non-hydrogen) atoms. The van der Waals surface area contributed by atoms with E-state index in [0.29, 0.717) is 44.1 Å². The average Bonchev–Trinajstić information content (AvgIpc) is 3.30. The molecule has 0 saturated carbocycles. The van der Waals surface area contributed by atoms with Gasteiger partial charge in [0.15, 0.2) is 11.5 Å². The van der Waals surface area contributed by atoms with Crippen LogP contribution in [0, 0.1) is 5.82 Å². The number of halogens is 1. The highest BCUT2D eigenvalue weighted by Crippen LogP contribution is 2.40. The van der Waals surface area contributed by atoms with E-state index in [1.54, 1.807) is 0 Å². The molecule has 176 valence electrons. The Balaban J connectivity index is 1.55. The lowest BCUT2D eigenvalue weighted by Crippen LogP contribution is -2.44. The predicted octanol–water partition coefficient (Wildman–Crippen LogP) is 2.50. The molecule has 0 aromatic heterocycles. The number of rotatable bonds is 8. The minimum atomic E-state index is -4.12. The maximum absolute atomic E-state index is 14.2. The van der Waals surface area contributed by atoms with Gasteiger partial charge in [0, 0.05) is 37.3 Å². The maximum atomic E-state index is 14.2. The monoisotopic (exact) mass is 476 g/mol. The molecule has 0 atom stereocenters. The number of sulfonamides is 1. The van der Waals surface area contributed by atoms with Crippen molar-refractivity contribution >= 4 is 15.9 Å². The van der Waals surface area contributed by atoms with Gasteiger partial charge in [-0.2, -0.15) is 0 Å². The van der Waals surface area contributed by atoms with Crippen molar-refractivity contribution < 1.29 is 31.8 Å². The minimum absolute atomic E-state index is 0.0447. The molecule has 2 heterocycles. The van der Waals surface area contributed by atoms with Gasteiger partial charge in [-0.05, 0) is 48.7 Å². The van der Waals surface area contributed by atoms with Crippen LogP contribution >= 0.6 is 0 Å². The van der Waals surface area contributed by atoms with E-state index in [4.69, 9.17) is 14.2 Å². The molecule has 2 aromatic carbocycles. The smallest absolute Gasteiger partial charge is 0.251 e. The molecule has 0 bridgehead atoms. The number of amides is 1. The summed E-state index contributed by atoms with van der Waals surface area (Å²) in [6.07, 6.45) is 2.71. The quantitative estimate of drug-likeness (QED) is 0.568. The Morgan fingerprint density at radius 3 is 2.64 bits per heavy atom. The third-order valence-corrected chi connectivity index (χ3v) is 7.36. The van der Waals surface area contributed by atoms with E-state index < -0.39 is 32.1 Å². The van der Waals surface area contributed by atoms with E-state index in [1.807, 2.05) is 18.2 Å². The summed E-state index contributed by atoms with van der Waals surface area (Å²) >= 11 is 0. The Morgan fingerprint density at radius 1 is 1.12 bits per heavy atom. The van der Waals surface area contributed by atoms with Crippen LogP contribution in [-0.2, 0) is 20.2 Å². The second-order valence-corrected chi connectivity index (χ2v) is 9.66. The van der Waals surface area contributed by atoms with Crippen LogP contribution in [0.1, 0.15) is 28.8 Å². The average molecular weight is 477 g/mol. The predicted molar refractivity (Wildman–Crippen MR) is 118 cm³/mol. The molecule has 0 aliphatic carbocycles. The molecule has 1 amide bonds. The Kier molecular flexibility index (Phi) is 6.68. The Hall–Kier alpha value is -2.95. The molecule has 2 aliphatic rings. The molecular weight excluding hydrogens is 451 g/mol. The molecule has 1 fully saturated rings. The van der Waals surface area contributed by atoms with Crippen LogP contribution in [0.2, 0.25) is 0 Å². The highest BCUT2D eigenvalue weighted by atomic mass is 32.2. The van der Waals surface area contributed by atoms with Crippen molar-refractivity contribution in [2.45, 2.75) is 23.2 Å². The molecule has 8 nitrogen and oxygen atoms in total. The summed E-state index contributed by atoms with van der Waals surface area (Å²) in [5, 5.41) is 2.90. The van der Waals surface area contributed by atoms with Gasteiger partial charge < -0.3 is 19.5 Å². The molecule has 2 aromatic rings. The first-order valence-corrected chi connectivity index (χ1v) is 12.0. The van der Waals surface area contributed by atoms with E-state index >= 15 is 0 Å². The number of hydrogen-bond acceptors (Lipinski definition) is 6. The second-order valence-electron chi connectivity index (χ2n) is 7.93. The molecule has 0 spiro atoms. The number of nitrogens with one attached hydrogen (secondary N) is 2. The summed E-state index contributed by atoms with van der Waals surface area (Å²) in [7, 11) is -4.12. The molecule has 2 aliphatic heterocycles. The number of benzene rings is 2. The van der Waals surface area contributed by atoms with E-state index in [1.165, 1.54) is 12.1 Å². The van der Waals surface area contributed by atoms with Crippen molar-refractivity contribution in [3.63, 3.8) is 0 Å². The van der Waals surface area contributed by atoms with Crippen molar-refractivity contribution in [1.82, 2.24) is 10.0 Å². The standard InChI is InChI=1S/C23H25FN2O6S/c1-2-9-26-33(28,29)21-12-16(3-5-18(21)24)22(27)25-14-23(7-10-30-11-8-23)17-4-6-19-20(13-17)32-15-31-19/h2-6,12-13,26H,1,7-11,14-15H2,(H,25,27). The number of carbonyl (C=O) groups is 1. The van der Waals surface area contributed by atoms with Crippen LogP contribution in [0.25, 0.3) is 0 Å². The van der Waals surface area contributed by atoms with Gasteiger partial charge in [0.2, 0.25) is 16.8 Å². The molecule has 4 rings (SSSR count). The lowest BCUT2D eigenvalue weighted by molar-refractivity contribution is 0.0486. The SMILES string of the molecule is C=CCNS(=O)(=O)c1cc(C(=O)NCC2(c3ccc4c(c3)OCO4)CCOCC2)ccc1F. The summed E-state index contributed by atoms with van der Waals surface area (Å²) < 4.78 is 57.6. The zero-order valence-electron chi connectivity index (χ0n) is 17.9. The van der Waals surface area contributed by atoms with Crippen LogP contribution in [0.15, 0.2) is 53.9 Å². The van der Waals surface area contributed by atoms with Crippen LogP contribution in [0.3, 0.4) is 0 Å². The largest absolute Gasteiger partial charge is 0.454 e. The van der Waals surface area contributed by atoms with Gasteiger partial charge in [0.1, 0.15) is 10.7 Å². The normalized spacial score (nSPS) is 16.9. The summed E-state index contributed by atoms with van der Waals surface area (Å²) in [4.78, 5) is 12.3. The minimum Gasteiger partial charge on any atom is -0.454 e. The fourth-order valence-electron chi connectivity index (χ4n) is 4.00. The Bertz CT molecular complexity index is 1160. The molecule has 0 unspecified atom stereocenters. The maximum Gasteiger partial charge on any atom is 0.251 e. The number of carbonyl (C=O) groups excluding carboxylic acids is 1. The van der Waals surface area contributed by atoms with Crippen LogP contribution in [-0.4, -0.2) is 47.4 Å². The summed E-state index contributed by atoms with van der Waals surface area (Å²) in [5.41, 5.74) is 0.643. The highest BCUT2D eigenvalue weighted by molar-refractivity contribution is 7.89. The highest BCUT2D eigenvalue weighted by Gasteiger charge is 2.36. The molecule has 1 saturated heterocycles. The fraction of sp³-hybridized carbons (Fsp3) is 0.348. The lowest BCUT2D eigenvalue weighted by Gasteiger charge is -2.38. The molecule has 0 radical (unpaired) electrons. The van der Waals surface area contributed by atoms with E-state index in [2.05, 4.69) is 16.6 Å². The fourth-order valence-corrected chi connectivity index (χ4v) is 5.10. The van der Waals surface area contributed by atoms with Gasteiger partial charge in [-0.3, -0.25) is 4.79 Å². The topological polar surface area (TPSA) is 103 Å². The summed E-state index contributed by atoms with van der Waals surface area (Å²) in [6.45, 7) is 4.92. The van der Waals surface area contributed by atoms with Crippen LogP contribution in [0.5, 0.6) is 11.5 Å². The van der Waals surface area contributed by atoms with Gasteiger partial charge in [0.25, 0.3) is 5.91 Å². The first-order valence-electron chi connectivity index (χ1n) is 10.5. The van der Waals surface area contributed by atoms with Crippen LogP contribution < -0.4 is 19.5 Å². The van der Waals surface area contributed by atoms with E-state index in [-0.39, 0.29) is 18.9 Å². The number of hydrogen-bond donors (Lipinski definition) is 2. The van der Waals surface area contributed by atoms with Crippen molar-refractivity contribution in [1.29, 1.82) is 0 Å². The van der Waals surface area contributed by atoms with Gasteiger partial charge in [-0.15, -0.1) is 6.58 Å². The van der Waals surface area contributed by atoms with Gasteiger partial charge >= 0.3 is 0 Å². The first kappa shape index (κ1) is 23.2. The van der Waals surface area contributed by atoms with Crippen molar-refractivity contribution in [2.75, 3.05) is 33.1 Å². The Labute approximate surface area is 191 Å². The molecular formula is C23H25FN2O6S. The van der Waals surface area contributed by atoms with Gasteiger partial charge in [-0.25, -0.2) is 17.5 Å². The second kappa shape index (κ2) is 9.50. The van der Waals surface area contributed by atoms with E-state index in [0.717, 1.165) is 17.7 Å².